The minimum Gasteiger partial charge on any atom is -0.0955 e. The summed E-state index contributed by atoms with van der Waals surface area (Å²) in [7, 11) is 0. The third kappa shape index (κ3) is 1.24. The lowest BCUT2D eigenvalue weighted by Gasteiger charge is -2.14. The molecule has 0 heteroatoms. The van der Waals surface area contributed by atoms with Crippen molar-refractivity contribution < 1.29 is 0 Å². The lowest BCUT2D eigenvalue weighted by Crippen LogP contribution is -2.04. The summed E-state index contributed by atoms with van der Waals surface area (Å²) in [5.41, 5.74) is 1.31. The molecule has 0 heterocycles. The summed E-state index contributed by atoms with van der Waals surface area (Å²) in [6.07, 6.45) is 5.56. The van der Waals surface area contributed by atoms with E-state index in [0.29, 0.717) is 0 Å². The lowest BCUT2D eigenvalue weighted by atomic mass is 9.91. The number of rotatable bonds is 1. The highest BCUT2D eigenvalue weighted by Gasteiger charge is 2.16. The second-order valence-electron chi connectivity index (χ2n) is 3.06. The van der Waals surface area contributed by atoms with Crippen molar-refractivity contribution in [3.05, 3.63) is 24.3 Å². The van der Waals surface area contributed by atoms with Gasteiger partial charge in [0.05, 0.1) is 0 Å². The maximum Gasteiger partial charge on any atom is -0.0110 e. The third-order valence-corrected chi connectivity index (χ3v) is 2.00. The van der Waals surface area contributed by atoms with Crippen molar-refractivity contribution in [3.8, 4) is 0 Å². The van der Waals surface area contributed by atoms with Gasteiger partial charge in [0.15, 0.2) is 0 Å². The van der Waals surface area contributed by atoms with Crippen molar-refractivity contribution in [1.82, 2.24) is 0 Å². The zero-order chi connectivity index (χ0) is 6.85. The second-order valence-corrected chi connectivity index (χ2v) is 3.06. The molecule has 0 radical (unpaired) electrons. The topological polar surface area (TPSA) is 0 Å². The van der Waals surface area contributed by atoms with Gasteiger partial charge >= 0.3 is 0 Å². The Morgan fingerprint density at radius 2 is 2.33 bits per heavy atom. The van der Waals surface area contributed by atoms with E-state index in [-0.39, 0.29) is 0 Å². The molecule has 0 nitrogen and oxygen atoms in total. The first-order valence-electron chi connectivity index (χ1n) is 3.57. The van der Waals surface area contributed by atoms with Gasteiger partial charge in [-0.1, -0.05) is 38.2 Å². The van der Waals surface area contributed by atoms with Crippen LogP contribution in [0.5, 0.6) is 0 Å². The smallest absolute Gasteiger partial charge is 0.0110 e. The van der Waals surface area contributed by atoms with Crippen LogP contribution in [0.1, 0.15) is 20.3 Å². The molecule has 0 aliphatic heterocycles. The summed E-state index contributed by atoms with van der Waals surface area (Å²) < 4.78 is 0. The van der Waals surface area contributed by atoms with Gasteiger partial charge in [-0.25, -0.2) is 0 Å². The average Bonchev–Trinajstić information content (AvgIpc) is 2.13. The minimum atomic E-state index is 0.727. The van der Waals surface area contributed by atoms with Gasteiger partial charge in [0, 0.05) is 0 Å². The summed E-state index contributed by atoms with van der Waals surface area (Å²) in [4.78, 5) is 0. The van der Waals surface area contributed by atoms with E-state index in [9.17, 15) is 0 Å². The average molecular weight is 122 g/mol. The van der Waals surface area contributed by atoms with Crippen LogP contribution in [0.2, 0.25) is 0 Å². The first kappa shape index (κ1) is 6.60. The zero-order valence-electron chi connectivity index (χ0n) is 6.22. The van der Waals surface area contributed by atoms with E-state index in [1.807, 2.05) is 0 Å². The largest absolute Gasteiger partial charge is 0.0955 e. The molecule has 0 amide bonds. The molecule has 50 valence electrons. The van der Waals surface area contributed by atoms with Gasteiger partial charge in [0.25, 0.3) is 0 Å². The molecule has 0 aromatic rings. The molecule has 0 spiro atoms. The Bertz CT molecular complexity index is 140. The summed E-state index contributed by atoms with van der Waals surface area (Å²) in [6.45, 7) is 8.48. The van der Waals surface area contributed by atoms with E-state index < -0.39 is 0 Å². The van der Waals surface area contributed by atoms with Gasteiger partial charge in [-0.3, -0.25) is 0 Å². The molecular formula is C9H14. The fourth-order valence-electron chi connectivity index (χ4n) is 1.34. The van der Waals surface area contributed by atoms with Gasteiger partial charge in [0.1, 0.15) is 0 Å². The standard InChI is InChI=1S/C9H14/c1-7(2)9-6-4-5-8(9)3/h4-5,7,9H,3,6H2,1-2H3. The van der Waals surface area contributed by atoms with Crippen molar-refractivity contribution in [1.29, 1.82) is 0 Å². The van der Waals surface area contributed by atoms with Crippen molar-refractivity contribution in [2.75, 3.05) is 0 Å². The van der Waals surface area contributed by atoms with Crippen LogP contribution < -0.4 is 0 Å². The lowest BCUT2D eigenvalue weighted by molar-refractivity contribution is 0.468. The molecule has 0 bridgehead atoms. The van der Waals surface area contributed by atoms with Crippen LogP contribution >= 0.6 is 0 Å². The quantitative estimate of drug-likeness (QED) is 0.501. The molecule has 1 unspecified atom stereocenters. The minimum absolute atomic E-state index is 0.727. The molecule has 0 saturated heterocycles. The van der Waals surface area contributed by atoms with Gasteiger partial charge in [-0.05, 0) is 18.3 Å². The van der Waals surface area contributed by atoms with Crippen LogP contribution in [0.4, 0.5) is 0 Å². The van der Waals surface area contributed by atoms with E-state index in [1.165, 1.54) is 12.0 Å². The third-order valence-electron chi connectivity index (χ3n) is 2.00. The van der Waals surface area contributed by atoms with Crippen molar-refractivity contribution in [3.63, 3.8) is 0 Å². The normalized spacial score (nSPS) is 26.1. The SMILES string of the molecule is C=C1C=CCC1C(C)C. The van der Waals surface area contributed by atoms with E-state index in [4.69, 9.17) is 0 Å². The number of allylic oxidation sites excluding steroid dienone is 3. The molecule has 0 aromatic heterocycles. The van der Waals surface area contributed by atoms with Crippen LogP contribution in [0.25, 0.3) is 0 Å². The molecule has 0 saturated carbocycles. The predicted octanol–water partition coefficient (Wildman–Crippen LogP) is 2.77. The maximum atomic E-state index is 3.97. The summed E-state index contributed by atoms with van der Waals surface area (Å²) in [5.74, 6) is 1.48. The summed E-state index contributed by atoms with van der Waals surface area (Å²) in [6, 6.07) is 0. The maximum absolute atomic E-state index is 3.97. The van der Waals surface area contributed by atoms with E-state index in [1.54, 1.807) is 0 Å². The molecular weight excluding hydrogens is 108 g/mol. The van der Waals surface area contributed by atoms with Crippen LogP contribution in [0, 0.1) is 11.8 Å². The molecule has 9 heavy (non-hydrogen) atoms. The van der Waals surface area contributed by atoms with Crippen molar-refractivity contribution in [2.24, 2.45) is 11.8 Å². The van der Waals surface area contributed by atoms with Gasteiger partial charge in [-0.2, -0.15) is 0 Å². The van der Waals surface area contributed by atoms with Crippen LogP contribution in [0.3, 0.4) is 0 Å². The zero-order valence-corrected chi connectivity index (χ0v) is 6.22. The molecule has 1 aliphatic rings. The van der Waals surface area contributed by atoms with Crippen LogP contribution in [0.15, 0.2) is 24.3 Å². The van der Waals surface area contributed by atoms with E-state index in [0.717, 1.165) is 11.8 Å². The van der Waals surface area contributed by atoms with Gasteiger partial charge in [0.2, 0.25) is 0 Å². The monoisotopic (exact) mass is 122 g/mol. The molecule has 1 rings (SSSR count). The van der Waals surface area contributed by atoms with Gasteiger partial charge in [-0.15, -0.1) is 0 Å². The van der Waals surface area contributed by atoms with E-state index in [2.05, 4.69) is 32.6 Å². The Hall–Kier alpha value is -0.520. The number of hydrogen-bond donors (Lipinski definition) is 0. The molecule has 0 N–H and O–H groups in total. The first-order valence-corrected chi connectivity index (χ1v) is 3.57. The summed E-state index contributed by atoms with van der Waals surface area (Å²) in [5, 5.41) is 0. The van der Waals surface area contributed by atoms with Crippen molar-refractivity contribution in [2.45, 2.75) is 20.3 Å². The fraction of sp³-hybridized carbons (Fsp3) is 0.556. The highest BCUT2D eigenvalue weighted by atomic mass is 14.2. The Morgan fingerprint density at radius 1 is 1.67 bits per heavy atom. The second kappa shape index (κ2) is 2.38. The van der Waals surface area contributed by atoms with Crippen LogP contribution in [-0.4, -0.2) is 0 Å². The molecule has 1 aliphatic carbocycles. The molecule has 0 aromatic carbocycles. The highest BCUT2D eigenvalue weighted by Crippen LogP contribution is 2.29. The number of hydrogen-bond acceptors (Lipinski definition) is 0. The fourth-order valence-corrected chi connectivity index (χ4v) is 1.34. The summed E-state index contributed by atoms with van der Waals surface area (Å²) >= 11 is 0. The first-order chi connectivity index (χ1) is 4.22. The predicted molar refractivity (Wildman–Crippen MR) is 41.2 cm³/mol. The van der Waals surface area contributed by atoms with Gasteiger partial charge < -0.3 is 0 Å². The Labute approximate surface area is 57.3 Å². The van der Waals surface area contributed by atoms with Crippen LogP contribution in [-0.2, 0) is 0 Å². The Balaban J connectivity index is 2.56. The molecule has 1 atom stereocenters. The van der Waals surface area contributed by atoms with E-state index >= 15 is 0 Å². The molecule has 0 fully saturated rings. The highest BCUT2D eigenvalue weighted by molar-refractivity contribution is 5.25. The Morgan fingerprint density at radius 3 is 2.56 bits per heavy atom. The van der Waals surface area contributed by atoms with Crippen molar-refractivity contribution >= 4 is 0 Å². The Kier molecular flexibility index (Phi) is 1.75.